The number of benzene rings is 1. The number of esters is 1. The fourth-order valence-corrected chi connectivity index (χ4v) is 2.37. The van der Waals surface area contributed by atoms with Gasteiger partial charge in [-0.25, -0.2) is 9.78 Å². The predicted molar refractivity (Wildman–Crippen MR) is 97.2 cm³/mol. The quantitative estimate of drug-likeness (QED) is 0.692. The number of carbonyl (C=O) groups excluding carboxylic acids is 1. The number of pyridine rings is 2. The van der Waals surface area contributed by atoms with Crippen LogP contribution in [0.5, 0.6) is 0 Å². The van der Waals surface area contributed by atoms with Gasteiger partial charge in [0.25, 0.3) is 0 Å². The van der Waals surface area contributed by atoms with Crippen LogP contribution < -0.4 is 5.32 Å². The Hall–Kier alpha value is -3.21. The summed E-state index contributed by atoms with van der Waals surface area (Å²) in [4.78, 5) is 20.0. The molecule has 5 nitrogen and oxygen atoms in total. The minimum Gasteiger partial charge on any atom is -0.462 e. The average molecular weight is 333 g/mol. The molecule has 0 amide bonds. The second-order valence-electron chi connectivity index (χ2n) is 5.44. The van der Waals surface area contributed by atoms with Crippen molar-refractivity contribution in [3.05, 3.63) is 78.2 Å². The molecular formula is C20H19N3O2. The number of aromatic nitrogens is 2. The fourth-order valence-electron chi connectivity index (χ4n) is 2.37. The van der Waals surface area contributed by atoms with Gasteiger partial charge < -0.3 is 10.1 Å². The molecule has 0 aliphatic carbocycles. The Labute approximate surface area is 146 Å². The van der Waals surface area contributed by atoms with Gasteiger partial charge in [0.1, 0.15) is 5.82 Å². The van der Waals surface area contributed by atoms with Gasteiger partial charge in [-0.3, -0.25) is 4.98 Å². The zero-order chi connectivity index (χ0) is 17.5. The maximum atomic E-state index is 11.6. The summed E-state index contributed by atoms with van der Waals surface area (Å²) in [5.74, 6) is 0.358. The summed E-state index contributed by atoms with van der Waals surface area (Å²) in [5, 5.41) is 3.24. The van der Waals surface area contributed by atoms with E-state index in [1.165, 1.54) is 6.20 Å². The van der Waals surface area contributed by atoms with Crippen molar-refractivity contribution in [3.63, 3.8) is 0 Å². The minimum absolute atomic E-state index is 0.354. The SMILES string of the molecule is CCOC(=O)c1ccc(NCc2ccc(-c3cccnc3)cc2)nc1. The third kappa shape index (κ3) is 4.41. The molecule has 3 aromatic rings. The molecule has 3 rings (SSSR count). The zero-order valence-corrected chi connectivity index (χ0v) is 14.0. The lowest BCUT2D eigenvalue weighted by Crippen LogP contribution is -2.06. The van der Waals surface area contributed by atoms with E-state index in [1.807, 2.05) is 18.3 Å². The van der Waals surface area contributed by atoms with Crippen LogP contribution in [0.1, 0.15) is 22.8 Å². The Morgan fingerprint density at radius 1 is 1.04 bits per heavy atom. The van der Waals surface area contributed by atoms with Crippen LogP contribution >= 0.6 is 0 Å². The second-order valence-corrected chi connectivity index (χ2v) is 5.44. The van der Waals surface area contributed by atoms with Crippen molar-refractivity contribution < 1.29 is 9.53 Å². The first-order valence-corrected chi connectivity index (χ1v) is 8.12. The van der Waals surface area contributed by atoms with Gasteiger partial charge in [-0.1, -0.05) is 30.3 Å². The van der Waals surface area contributed by atoms with E-state index in [4.69, 9.17) is 4.74 Å². The maximum Gasteiger partial charge on any atom is 0.339 e. The van der Waals surface area contributed by atoms with Crippen LogP contribution in [0.15, 0.2) is 67.1 Å². The third-order valence-electron chi connectivity index (χ3n) is 3.70. The highest BCUT2D eigenvalue weighted by Gasteiger charge is 2.06. The van der Waals surface area contributed by atoms with Crippen LogP contribution in [0.25, 0.3) is 11.1 Å². The normalized spacial score (nSPS) is 10.3. The van der Waals surface area contributed by atoms with Crippen molar-refractivity contribution in [2.24, 2.45) is 0 Å². The molecule has 0 aliphatic rings. The molecule has 0 atom stereocenters. The van der Waals surface area contributed by atoms with E-state index in [2.05, 4.69) is 39.6 Å². The van der Waals surface area contributed by atoms with Gasteiger partial charge in [0.15, 0.2) is 0 Å². The number of anilines is 1. The molecule has 1 N–H and O–H groups in total. The summed E-state index contributed by atoms with van der Waals surface area (Å²) < 4.78 is 4.94. The number of carbonyl (C=O) groups is 1. The molecular weight excluding hydrogens is 314 g/mol. The van der Waals surface area contributed by atoms with Crippen molar-refractivity contribution in [3.8, 4) is 11.1 Å². The lowest BCUT2D eigenvalue weighted by Gasteiger charge is -2.08. The van der Waals surface area contributed by atoms with Gasteiger partial charge >= 0.3 is 5.97 Å². The number of rotatable bonds is 6. The second kappa shape index (κ2) is 8.06. The molecule has 0 aliphatic heterocycles. The molecule has 0 saturated heterocycles. The van der Waals surface area contributed by atoms with Gasteiger partial charge in [-0.05, 0) is 41.8 Å². The van der Waals surface area contributed by atoms with Crippen LogP contribution in [0.3, 0.4) is 0 Å². The van der Waals surface area contributed by atoms with Crippen LogP contribution in [0.2, 0.25) is 0 Å². The molecule has 126 valence electrons. The zero-order valence-electron chi connectivity index (χ0n) is 14.0. The largest absolute Gasteiger partial charge is 0.462 e. The molecule has 0 bridgehead atoms. The number of hydrogen-bond donors (Lipinski definition) is 1. The number of ether oxygens (including phenoxy) is 1. The lowest BCUT2D eigenvalue weighted by molar-refractivity contribution is 0.0526. The molecule has 5 heteroatoms. The Morgan fingerprint density at radius 2 is 1.88 bits per heavy atom. The van der Waals surface area contributed by atoms with Crippen LogP contribution in [-0.2, 0) is 11.3 Å². The molecule has 2 aromatic heterocycles. The van der Waals surface area contributed by atoms with Crippen molar-refractivity contribution in [2.75, 3.05) is 11.9 Å². The Morgan fingerprint density at radius 3 is 2.52 bits per heavy atom. The monoisotopic (exact) mass is 333 g/mol. The fraction of sp³-hybridized carbons (Fsp3) is 0.150. The van der Waals surface area contributed by atoms with Gasteiger partial charge in [-0.15, -0.1) is 0 Å². The van der Waals surface area contributed by atoms with E-state index in [9.17, 15) is 4.79 Å². The Kier molecular flexibility index (Phi) is 5.36. The van der Waals surface area contributed by atoms with Gasteiger partial charge in [0.2, 0.25) is 0 Å². The van der Waals surface area contributed by atoms with Crippen molar-refractivity contribution >= 4 is 11.8 Å². The predicted octanol–water partition coefficient (Wildman–Crippen LogP) is 3.93. The Balaban J connectivity index is 1.59. The number of hydrogen-bond acceptors (Lipinski definition) is 5. The minimum atomic E-state index is -0.354. The highest BCUT2D eigenvalue weighted by atomic mass is 16.5. The van der Waals surface area contributed by atoms with Crippen molar-refractivity contribution in [1.29, 1.82) is 0 Å². The smallest absolute Gasteiger partial charge is 0.339 e. The Bertz CT molecular complexity index is 816. The lowest BCUT2D eigenvalue weighted by atomic mass is 10.1. The summed E-state index contributed by atoms with van der Waals surface area (Å²) in [7, 11) is 0. The summed E-state index contributed by atoms with van der Waals surface area (Å²) in [5.41, 5.74) is 3.82. The number of nitrogens with zero attached hydrogens (tertiary/aromatic N) is 2. The van der Waals surface area contributed by atoms with E-state index in [0.717, 1.165) is 16.7 Å². The molecule has 1 aromatic carbocycles. The van der Waals surface area contributed by atoms with Crippen LogP contribution in [-0.4, -0.2) is 22.5 Å². The first kappa shape index (κ1) is 16.6. The molecule has 2 heterocycles. The van der Waals surface area contributed by atoms with Crippen LogP contribution in [0.4, 0.5) is 5.82 Å². The molecule has 0 unspecified atom stereocenters. The van der Waals surface area contributed by atoms with Crippen molar-refractivity contribution in [1.82, 2.24) is 9.97 Å². The first-order valence-electron chi connectivity index (χ1n) is 8.12. The van der Waals surface area contributed by atoms with Crippen LogP contribution in [0, 0.1) is 0 Å². The molecule has 0 spiro atoms. The molecule has 0 saturated carbocycles. The molecule has 0 radical (unpaired) electrons. The van der Waals surface area contributed by atoms with Gasteiger partial charge in [-0.2, -0.15) is 0 Å². The van der Waals surface area contributed by atoms with E-state index < -0.39 is 0 Å². The average Bonchev–Trinajstić information content (AvgIpc) is 2.68. The highest BCUT2D eigenvalue weighted by molar-refractivity contribution is 5.89. The summed E-state index contributed by atoms with van der Waals surface area (Å²) in [6.07, 6.45) is 5.14. The van der Waals surface area contributed by atoms with E-state index in [0.29, 0.717) is 24.5 Å². The van der Waals surface area contributed by atoms with Crippen molar-refractivity contribution in [2.45, 2.75) is 13.5 Å². The third-order valence-corrected chi connectivity index (χ3v) is 3.70. The topological polar surface area (TPSA) is 64.1 Å². The standard InChI is InChI=1S/C20H19N3O2/c1-2-25-20(24)18-9-10-19(23-14-18)22-12-15-5-7-16(8-6-15)17-4-3-11-21-13-17/h3-11,13-14H,2,12H2,1H3,(H,22,23). The molecule has 25 heavy (non-hydrogen) atoms. The van der Waals surface area contributed by atoms with Gasteiger partial charge in [0, 0.05) is 25.1 Å². The summed E-state index contributed by atoms with van der Waals surface area (Å²) in [6, 6.07) is 15.7. The van der Waals surface area contributed by atoms with E-state index in [-0.39, 0.29) is 5.97 Å². The van der Waals surface area contributed by atoms with E-state index >= 15 is 0 Å². The molecule has 0 fully saturated rings. The summed E-state index contributed by atoms with van der Waals surface area (Å²) in [6.45, 7) is 2.79. The maximum absolute atomic E-state index is 11.6. The first-order chi connectivity index (χ1) is 12.3. The summed E-state index contributed by atoms with van der Waals surface area (Å²) >= 11 is 0. The van der Waals surface area contributed by atoms with Gasteiger partial charge in [0.05, 0.1) is 12.2 Å². The highest BCUT2D eigenvalue weighted by Crippen LogP contribution is 2.18. The van der Waals surface area contributed by atoms with E-state index in [1.54, 1.807) is 25.3 Å². The number of nitrogens with one attached hydrogen (secondary N) is 1.